The quantitative estimate of drug-likeness (QED) is 0.252. The predicted octanol–water partition coefficient (Wildman–Crippen LogP) is -1.47. The molecule has 16 heavy (non-hydrogen) atoms. The van der Waals surface area contributed by atoms with Gasteiger partial charge < -0.3 is 29.4 Å². The van der Waals surface area contributed by atoms with E-state index in [0.717, 1.165) is 0 Å². The van der Waals surface area contributed by atoms with E-state index in [9.17, 15) is 13.7 Å². The molecule has 10 nitrogen and oxygen atoms in total. The topological polar surface area (TPSA) is 178 Å². The van der Waals surface area contributed by atoms with Crippen molar-refractivity contribution < 1.29 is 43.1 Å². The maximum absolute atomic E-state index is 10.6. The molecule has 13 heteroatoms. The molecule has 1 radical (unpaired) electrons. The third kappa shape index (κ3) is 10.9. The Hall–Kier alpha value is 0.410. The van der Waals surface area contributed by atoms with E-state index in [1.54, 1.807) is 0 Å². The Bertz CT molecular complexity index is 305. The first-order valence-electron chi connectivity index (χ1n) is 3.65. The number of nitrogens with zero attached hydrogens (tertiary/aromatic N) is 1. The van der Waals surface area contributed by atoms with E-state index in [4.69, 9.17) is 29.4 Å². The van der Waals surface area contributed by atoms with Crippen molar-refractivity contribution in [3.8, 4) is 0 Å². The summed E-state index contributed by atoms with van der Waals surface area (Å²) >= 11 is 0. The van der Waals surface area contributed by atoms with Crippen molar-refractivity contribution in [2.75, 3.05) is 18.9 Å². The van der Waals surface area contributed by atoms with Gasteiger partial charge in [0.1, 0.15) is 0 Å². The second-order valence-corrected chi connectivity index (χ2v) is 7.93. The smallest absolute Gasteiger partial charge is 0.320 e. The minimum Gasteiger partial charge on any atom is -0.320 e. The molecule has 0 aliphatic carbocycles. The average Bonchev–Trinajstić information content (AvgIpc) is 1.70. The molecule has 0 rings (SSSR count). The summed E-state index contributed by atoms with van der Waals surface area (Å²) in [5.74, 6) is 0. The summed E-state index contributed by atoms with van der Waals surface area (Å²) in [6.45, 7) is 0. The van der Waals surface area contributed by atoms with Crippen molar-refractivity contribution in [1.29, 1.82) is 0 Å². The summed E-state index contributed by atoms with van der Waals surface area (Å²) in [7, 11) is -14.0. The van der Waals surface area contributed by atoms with E-state index in [1.807, 2.05) is 0 Å². The summed E-state index contributed by atoms with van der Waals surface area (Å²) in [5, 5.41) is 0. The molecule has 0 aromatic rings. The lowest BCUT2D eigenvalue weighted by molar-refractivity contribution is 0.325. The molecule has 97 valence electrons. The van der Waals surface area contributed by atoms with Gasteiger partial charge in [0.25, 0.3) is 0 Å². The zero-order chi connectivity index (χ0) is 13.2. The van der Waals surface area contributed by atoms with Crippen molar-refractivity contribution >= 4 is 22.8 Å². The van der Waals surface area contributed by atoms with Crippen LogP contribution in [0.5, 0.6) is 0 Å². The molecule has 0 aliphatic heterocycles. The van der Waals surface area contributed by atoms with Crippen LogP contribution in [0.3, 0.4) is 0 Å². The second kappa shape index (κ2) is 5.37. The SMILES string of the molecule is O=P(O)(O)C[N+](CP(=O)(O)O)CP(=O)(O)O. The highest BCUT2D eigenvalue weighted by molar-refractivity contribution is 7.53. The van der Waals surface area contributed by atoms with Gasteiger partial charge in [0, 0.05) is 0 Å². The van der Waals surface area contributed by atoms with E-state index in [1.165, 1.54) is 0 Å². The van der Waals surface area contributed by atoms with Crippen LogP contribution in [0.25, 0.3) is 0 Å². The van der Waals surface area contributed by atoms with Crippen molar-refractivity contribution in [2.24, 2.45) is 0 Å². The van der Waals surface area contributed by atoms with Gasteiger partial charge in [-0.1, -0.05) is 0 Å². The molecule has 0 aromatic carbocycles. The molecule has 0 amide bonds. The zero-order valence-corrected chi connectivity index (χ0v) is 10.5. The monoisotopic (exact) mass is 299 g/mol. The van der Waals surface area contributed by atoms with E-state index in [2.05, 4.69) is 0 Å². The molecule has 6 N–H and O–H groups in total. The van der Waals surface area contributed by atoms with Crippen LogP contribution in [0.2, 0.25) is 0 Å². The molecule has 0 bridgehead atoms. The van der Waals surface area contributed by atoms with Crippen molar-refractivity contribution in [3.05, 3.63) is 0 Å². The Balaban J connectivity index is 4.72. The van der Waals surface area contributed by atoms with Gasteiger partial charge in [0.15, 0.2) is 0 Å². The van der Waals surface area contributed by atoms with E-state index in [0.29, 0.717) is 4.90 Å². The van der Waals surface area contributed by atoms with E-state index < -0.39 is 41.6 Å². The fourth-order valence-corrected chi connectivity index (χ4v) is 3.55. The number of hydrogen-bond acceptors (Lipinski definition) is 4. The van der Waals surface area contributed by atoms with Crippen molar-refractivity contribution in [2.45, 2.75) is 0 Å². The predicted molar refractivity (Wildman–Crippen MR) is 52.9 cm³/mol. The van der Waals surface area contributed by atoms with Crippen LogP contribution < -0.4 is 4.90 Å². The molecule has 0 unspecified atom stereocenters. The van der Waals surface area contributed by atoms with Crippen LogP contribution in [-0.4, -0.2) is 48.2 Å². The first-order chi connectivity index (χ1) is 6.79. The van der Waals surface area contributed by atoms with E-state index >= 15 is 0 Å². The third-order valence-electron chi connectivity index (χ3n) is 1.15. The maximum Gasteiger partial charge on any atom is 0.384 e. The molecule has 0 aromatic heterocycles. The van der Waals surface area contributed by atoms with Gasteiger partial charge in [-0.15, -0.1) is 4.90 Å². The lowest BCUT2D eigenvalue weighted by Gasteiger charge is -2.14. The van der Waals surface area contributed by atoms with E-state index in [-0.39, 0.29) is 0 Å². The molecular formula is C3H12NO9P3+. The Morgan fingerprint density at radius 2 is 0.812 bits per heavy atom. The third-order valence-corrected chi connectivity index (χ3v) is 3.46. The zero-order valence-electron chi connectivity index (χ0n) is 7.82. The average molecular weight is 299 g/mol. The summed E-state index contributed by atoms with van der Waals surface area (Å²) < 4.78 is 31.7. The lowest BCUT2D eigenvalue weighted by atomic mass is 11.0. The summed E-state index contributed by atoms with van der Waals surface area (Å²) in [6, 6.07) is 0. The minimum atomic E-state index is -4.65. The highest BCUT2D eigenvalue weighted by atomic mass is 31.2. The summed E-state index contributed by atoms with van der Waals surface area (Å²) in [6.07, 6.45) is -3.41. The first kappa shape index (κ1) is 16.4. The van der Waals surface area contributed by atoms with Crippen molar-refractivity contribution in [1.82, 2.24) is 4.90 Å². The second-order valence-electron chi connectivity index (χ2n) is 3.09. The van der Waals surface area contributed by atoms with Gasteiger partial charge in [-0.05, 0) is 0 Å². The molecule has 0 atom stereocenters. The molecular weight excluding hydrogens is 287 g/mol. The Morgan fingerprint density at radius 3 is 0.938 bits per heavy atom. The van der Waals surface area contributed by atoms with Gasteiger partial charge >= 0.3 is 22.8 Å². The van der Waals surface area contributed by atoms with Gasteiger partial charge in [-0.25, -0.2) is 0 Å². The Kier molecular flexibility index (Phi) is 5.51. The molecule has 0 spiro atoms. The lowest BCUT2D eigenvalue weighted by Crippen LogP contribution is -2.33. The number of hydrogen-bond donors (Lipinski definition) is 6. The summed E-state index contributed by atoms with van der Waals surface area (Å²) in [5.41, 5.74) is 0. The van der Waals surface area contributed by atoms with Gasteiger partial charge in [-0.2, -0.15) is 0 Å². The number of rotatable bonds is 6. The highest BCUT2D eigenvalue weighted by Crippen LogP contribution is 2.43. The van der Waals surface area contributed by atoms with Crippen LogP contribution >= 0.6 is 22.8 Å². The summed E-state index contributed by atoms with van der Waals surface area (Å²) in [4.78, 5) is 51.6. The fourth-order valence-electron chi connectivity index (χ4n) is 0.916. The van der Waals surface area contributed by atoms with Crippen LogP contribution in [0.15, 0.2) is 0 Å². The van der Waals surface area contributed by atoms with Gasteiger partial charge in [0.2, 0.25) is 18.9 Å². The van der Waals surface area contributed by atoms with Gasteiger partial charge in [-0.3, -0.25) is 13.7 Å². The first-order valence-corrected chi connectivity index (χ1v) is 9.04. The van der Waals surface area contributed by atoms with Crippen molar-refractivity contribution in [3.63, 3.8) is 0 Å². The van der Waals surface area contributed by atoms with Crippen LogP contribution in [0.4, 0.5) is 0 Å². The molecule has 0 saturated carbocycles. The molecule has 0 heterocycles. The highest BCUT2D eigenvalue weighted by Gasteiger charge is 2.38. The minimum absolute atomic E-state index is 0.336. The largest absolute Gasteiger partial charge is 0.384 e. The standard InChI is InChI=1S/C3H12NO9P3/c5-14(6,7)1-4(2-15(8,9)10)3-16(11,12)13/h1-3H2,(H2,5,6,7)(H2,8,9,10)(H2,11,12,13)/q+1. The molecule has 0 aliphatic rings. The fraction of sp³-hybridized carbons (Fsp3) is 1.00. The van der Waals surface area contributed by atoms with Crippen LogP contribution in [0.1, 0.15) is 0 Å². The maximum atomic E-state index is 10.6. The molecule has 0 fully saturated rings. The van der Waals surface area contributed by atoms with Gasteiger partial charge in [0.05, 0.1) is 0 Å². The normalized spacial score (nSPS) is 14.4. The Morgan fingerprint density at radius 1 is 0.625 bits per heavy atom. The molecule has 0 saturated heterocycles. The van der Waals surface area contributed by atoms with Crippen LogP contribution in [0, 0.1) is 0 Å². The van der Waals surface area contributed by atoms with Crippen LogP contribution in [-0.2, 0) is 13.7 Å². The Labute approximate surface area is 90.4 Å².